The lowest BCUT2D eigenvalue weighted by Crippen LogP contribution is -2.44. The summed E-state index contributed by atoms with van der Waals surface area (Å²) in [5.41, 5.74) is 1.24. The Hall–Kier alpha value is -4.06. The van der Waals surface area contributed by atoms with E-state index >= 15 is 0 Å². The number of aromatic nitrogens is 2. The maximum Gasteiger partial charge on any atom is 0.471 e. The summed E-state index contributed by atoms with van der Waals surface area (Å²) in [6, 6.07) is 7.91. The predicted molar refractivity (Wildman–Crippen MR) is 130 cm³/mol. The van der Waals surface area contributed by atoms with E-state index in [0.717, 1.165) is 0 Å². The van der Waals surface area contributed by atoms with Gasteiger partial charge in [-0.1, -0.05) is 36.7 Å². The SMILES string of the molecule is CC(C(=O)O)[C@@H]1COc2cc(N(C(=O)C(F)(F)F)[C@@H]3COc4c(Nc5ncc(Cl)cn5)cccc43)ccc21. The Balaban J connectivity index is 1.51. The lowest BCUT2D eigenvalue weighted by molar-refractivity contribution is -0.171. The average molecular weight is 549 g/mol. The molecule has 0 fully saturated rings. The molecule has 13 heteroatoms. The maximum absolute atomic E-state index is 13.8. The van der Waals surface area contributed by atoms with E-state index in [0.29, 0.717) is 26.7 Å². The summed E-state index contributed by atoms with van der Waals surface area (Å²) in [5, 5.41) is 12.6. The van der Waals surface area contributed by atoms with Gasteiger partial charge in [0, 0.05) is 28.8 Å². The first-order valence-corrected chi connectivity index (χ1v) is 11.8. The number of nitrogens with zero attached hydrogens (tertiary/aromatic N) is 3. The van der Waals surface area contributed by atoms with E-state index in [-0.39, 0.29) is 36.3 Å². The van der Waals surface area contributed by atoms with E-state index in [1.54, 1.807) is 18.2 Å². The Kier molecular flexibility index (Phi) is 6.51. The fraction of sp³-hybridized carbons (Fsp3) is 0.280. The molecule has 0 spiro atoms. The molecule has 0 bridgehead atoms. The van der Waals surface area contributed by atoms with Gasteiger partial charge in [0.25, 0.3) is 0 Å². The number of nitrogens with one attached hydrogen (secondary N) is 1. The zero-order valence-electron chi connectivity index (χ0n) is 19.7. The molecule has 2 aromatic carbocycles. The monoisotopic (exact) mass is 548 g/mol. The average Bonchev–Trinajstić information content (AvgIpc) is 3.49. The van der Waals surface area contributed by atoms with Crippen molar-refractivity contribution in [3.05, 3.63) is 64.9 Å². The third kappa shape index (κ3) is 4.67. The highest BCUT2D eigenvalue weighted by Crippen LogP contribution is 2.47. The molecule has 2 N–H and O–H groups in total. The minimum atomic E-state index is -5.17. The Morgan fingerprint density at radius 1 is 1.13 bits per heavy atom. The van der Waals surface area contributed by atoms with Crippen LogP contribution in [0.15, 0.2) is 48.8 Å². The minimum absolute atomic E-state index is 0.0597. The number of alkyl halides is 3. The number of fused-ring (bicyclic) bond motifs is 2. The number of ether oxygens (including phenoxy) is 2. The van der Waals surface area contributed by atoms with Gasteiger partial charge in [-0.25, -0.2) is 9.97 Å². The summed E-state index contributed by atoms with van der Waals surface area (Å²) in [6.45, 7) is 1.36. The number of benzene rings is 2. The van der Waals surface area contributed by atoms with Crippen LogP contribution in [-0.2, 0) is 9.59 Å². The number of carboxylic acid groups (broad SMARTS) is 1. The molecule has 3 atom stereocenters. The first-order valence-electron chi connectivity index (χ1n) is 11.4. The van der Waals surface area contributed by atoms with Crippen LogP contribution < -0.4 is 19.7 Å². The number of hydrogen-bond donors (Lipinski definition) is 2. The first-order chi connectivity index (χ1) is 18.0. The van der Waals surface area contributed by atoms with Gasteiger partial charge in [-0.15, -0.1) is 0 Å². The van der Waals surface area contributed by atoms with E-state index in [4.69, 9.17) is 21.1 Å². The number of hydrogen-bond acceptors (Lipinski definition) is 7. The lowest BCUT2D eigenvalue weighted by atomic mass is 9.89. The molecule has 0 saturated heterocycles. The van der Waals surface area contributed by atoms with Crippen LogP contribution in [0, 0.1) is 5.92 Å². The van der Waals surface area contributed by atoms with Gasteiger partial charge >= 0.3 is 18.1 Å². The van der Waals surface area contributed by atoms with Crippen LogP contribution in [0.25, 0.3) is 0 Å². The molecule has 3 heterocycles. The lowest BCUT2D eigenvalue weighted by Gasteiger charge is -2.29. The van der Waals surface area contributed by atoms with Gasteiger partial charge in [0.1, 0.15) is 18.1 Å². The van der Waals surface area contributed by atoms with Crippen molar-refractivity contribution in [2.75, 3.05) is 23.4 Å². The highest BCUT2D eigenvalue weighted by atomic mass is 35.5. The van der Waals surface area contributed by atoms with Crippen molar-refractivity contribution < 1.29 is 37.3 Å². The van der Waals surface area contributed by atoms with Crippen LogP contribution in [0.5, 0.6) is 11.5 Å². The number of anilines is 3. The van der Waals surface area contributed by atoms with Crippen LogP contribution in [0.4, 0.5) is 30.5 Å². The van der Waals surface area contributed by atoms with E-state index in [1.165, 1.54) is 37.5 Å². The molecule has 1 aromatic heterocycles. The normalized spacial score (nSPS) is 18.6. The molecule has 0 saturated carbocycles. The quantitative estimate of drug-likeness (QED) is 0.437. The number of amides is 1. The zero-order chi connectivity index (χ0) is 27.2. The predicted octanol–water partition coefficient (Wildman–Crippen LogP) is 5.10. The number of carbonyl (C=O) groups is 2. The van der Waals surface area contributed by atoms with E-state index in [1.807, 2.05) is 0 Å². The van der Waals surface area contributed by atoms with Crippen molar-refractivity contribution in [2.24, 2.45) is 5.92 Å². The van der Waals surface area contributed by atoms with Gasteiger partial charge in [0.15, 0.2) is 0 Å². The highest BCUT2D eigenvalue weighted by Gasteiger charge is 2.48. The van der Waals surface area contributed by atoms with E-state index in [2.05, 4.69) is 15.3 Å². The van der Waals surface area contributed by atoms with Crippen molar-refractivity contribution in [1.29, 1.82) is 0 Å². The summed E-state index contributed by atoms with van der Waals surface area (Å²) in [5.74, 6) is -3.65. The molecule has 1 unspecified atom stereocenters. The largest absolute Gasteiger partial charge is 0.493 e. The Morgan fingerprint density at radius 2 is 1.87 bits per heavy atom. The number of para-hydroxylation sites is 1. The fourth-order valence-electron chi connectivity index (χ4n) is 4.57. The molecule has 1 amide bonds. The van der Waals surface area contributed by atoms with Crippen LogP contribution in [-0.4, -0.2) is 46.3 Å². The van der Waals surface area contributed by atoms with Crippen molar-refractivity contribution >= 4 is 40.8 Å². The van der Waals surface area contributed by atoms with Gasteiger partial charge in [0.05, 0.1) is 41.7 Å². The number of rotatable bonds is 6. The minimum Gasteiger partial charge on any atom is -0.493 e. The molecule has 3 aromatic rings. The molecular weight excluding hydrogens is 529 g/mol. The molecule has 2 aliphatic rings. The second-order valence-electron chi connectivity index (χ2n) is 8.84. The summed E-state index contributed by atoms with van der Waals surface area (Å²) < 4.78 is 52.7. The van der Waals surface area contributed by atoms with Gasteiger partial charge < -0.3 is 19.9 Å². The molecule has 198 valence electrons. The number of carboxylic acids is 1. The van der Waals surface area contributed by atoms with Crippen molar-refractivity contribution in [3.8, 4) is 11.5 Å². The molecule has 0 aliphatic carbocycles. The van der Waals surface area contributed by atoms with Crippen molar-refractivity contribution in [3.63, 3.8) is 0 Å². The van der Waals surface area contributed by atoms with Crippen LogP contribution in [0.2, 0.25) is 5.02 Å². The second kappa shape index (κ2) is 9.67. The summed E-state index contributed by atoms with van der Waals surface area (Å²) >= 11 is 5.82. The molecule has 5 rings (SSSR count). The molecular formula is C25H20ClF3N4O5. The highest BCUT2D eigenvalue weighted by molar-refractivity contribution is 6.30. The Labute approximate surface area is 219 Å². The third-order valence-electron chi connectivity index (χ3n) is 6.52. The first kappa shape index (κ1) is 25.6. The van der Waals surface area contributed by atoms with Crippen LogP contribution >= 0.6 is 11.6 Å². The van der Waals surface area contributed by atoms with Gasteiger partial charge in [0.2, 0.25) is 5.95 Å². The summed E-state index contributed by atoms with van der Waals surface area (Å²) in [6.07, 6.45) is -2.41. The number of carbonyl (C=O) groups excluding carboxylic acids is 1. The third-order valence-corrected chi connectivity index (χ3v) is 6.71. The number of aliphatic carboxylic acids is 1. The van der Waals surface area contributed by atoms with Gasteiger partial charge in [-0.3, -0.25) is 14.5 Å². The van der Waals surface area contributed by atoms with Crippen LogP contribution in [0.3, 0.4) is 0 Å². The van der Waals surface area contributed by atoms with Crippen molar-refractivity contribution in [2.45, 2.75) is 25.1 Å². The summed E-state index contributed by atoms with van der Waals surface area (Å²) in [7, 11) is 0. The molecule has 9 nitrogen and oxygen atoms in total. The zero-order valence-corrected chi connectivity index (χ0v) is 20.5. The molecule has 38 heavy (non-hydrogen) atoms. The fourth-order valence-corrected chi connectivity index (χ4v) is 4.67. The summed E-state index contributed by atoms with van der Waals surface area (Å²) in [4.78, 5) is 32.9. The smallest absolute Gasteiger partial charge is 0.471 e. The standard InChI is InChI=1S/C25H20ClF3N4O5/c1-12(22(34)35)17-10-37-20-7-14(5-6-15(17)20)33(23(36)25(27,28)29)19-11-38-21-16(19)3-2-4-18(21)32-24-30-8-13(26)9-31-24/h2-9,12,17,19H,10-11H2,1H3,(H,34,35)(H,30,31,32)/t12?,17-,19+/m0/s1. The van der Waals surface area contributed by atoms with E-state index in [9.17, 15) is 27.9 Å². The molecule has 0 radical (unpaired) electrons. The maximum atomic E-state index is 13.8. The Bertz CT molecular complexity index is 1400. The second-order valence-corrected chi connectivity index (χ2v) is 9.28. The molecule has 2 aliphatic heterocycles. The Morgan fingerprint density at radius 3 is 2.55 bits per heavy atom. The van der Waals surface area contributed by atoms with Gasteiger partial charge in [-0.2, -0.15) is 13.2 Å². The number of halogens is 4. The van der Waals surface area contributed by atoms with Crippen LogP contribution in [0.1, 0.15) is 30.0 Å². The topological polar surface area (TPSA) is 114 Å². The van der Waals surface area contributed by atoms with Crippen molar-refractivity contribution in [1.82, 2.24) is 9.97 Å². The van der Waals surface area contributed by atoms with E-state index < -0.39 is 35.9 Å². The van der Waals surface area contributed by atoms with Gasteiger partial charge in [-0.05, 0) is 12.1 Å².